The second kappa shape index (κ2) is 5.39. The Labute approximate surface area is 102 Å². The van der Waals surface area contributed by atoms with Crippen LogP contribution in [-0.4, -0.2) is 14.2 Å². The van der Waals surface area contributed by atoms with Crippen molar-refractivity contribution in [3.05, 3.63) is 66.1 Å². The molecule has 2 aromatic carbocycles. The summed E-state index contributed by atoms with van der Waals surface area (Å²) >= 11 is 0. The minimum Gasteiger partial charge on any atom is -0.497 e. The maximum Gasteiger partial charge on any atom is 0.122 e. The van der Waals surface area contributed by atoms with Gasteiger partial charge in [0.15, 0.2) is 0 Å². The second-order valence-corrected chi connectivity index (χ2v) is 3.66. The van der Waals surface area contributed by atoms with E-state index in [9.17, 15) is 0 Å². The second-order valence-electron chi connectivity index (χ2n) is 3.66. The maximum atomic E-state index is 5.31. The molecule has 0 aliphatic heterocycles. The van der Waals surface area contributed by atoms with Gasteiger partial charge >= 0.3 is 0 Å². The fourth-order valence-electron chi connectivity index (χ4n) is 1.67. The van der Waals surface area contributed by atoms with Crippen LogP contribution in [0.1, 0.15) is 11.1 Å². The number of methoxy groups -OCH3 is 2. The molecule has 2 rings (SSSR count). The molecule has 0 saturated heterocycles. The summed E-state index contributed by atoms with van der Waals surface area (Å²) in [6.45, 7) is 0. The molecule has 0 aliphatic carbocycles. The number of para-hydroxylation sites is 1. The Balaban J connectivity index is 2.19. The van der Waals surface area contributed by atoms with Gasteiger partial charge in [0.05, 0.1) is 14.2 Å². The maximum absolute atomic E-state index is 5.31. The van der Waals surface area contributed by atoms with Crippen LogP contribution in [0.2, 0.25) is 0 Å². The van der Waals surface area contributed by atoms with Crippen molar-refractivity contribution < 1.29 is 9.47 Å². The first kappa shape index (κ1) is 11.5. The van der Waals surface area contributed by atoms with Gasteiger partial charge in [-0.3, -0.25) is 0 Å². The molecular weight excluding hydrogens is 212 g/mol. The molecular formula is C15H15O2. The van der Waals surface area contributed by atoms with E-state index in [1.807, 2.05) is 48.5 Å². The highest BCUT2D eigenvalue weighted by Crippen LogP contribution is 2.23. The summed E-state index contributed by atoms with van der Waals surface area (Å²) in [5, 5.41) is 0. The van der Waals surface area contributed by atoms with Crippen LogP contribution in [0, 0.1) is 6.42 Å². The zero-order valence-electron chi connectivity index (χ0n) is 10.0. The average molecular weight is 227 g/mol. The standard InChI is InChI=1S/C15H15O2/c1-16-14-9-7-12(8-10-14)11-13-5-3-4-6-15(13)17-2/h3-11H,1-2H3. The summed E-state index contributed by atoms with van der Waals surface area (Å²) in [4.78, 5) is 0. The molecule has 0 unspecified atom stereocenters. The lowest BCUT2D eigenvalue weighted by Gasteiger charge is -2.08. The Kier molecular flexibility index (Phi) is 3.66. The van der Waals surface area contributed by atoms with Gasteiger partial charge in [0.25, 0.3) is 0 Å². The van der Waals surface area contributed by atoms with Crippen molar-refractivity contribution in [2.45, 2.75) is 0 Å². The minimum atomic E-state index is 0.863. The Bertz CT molecular complexity index is 475. The van der Waals surface area contributed by atoms with E-state index < -0.39 is 0 Å². The Hall–Kier alpha value is -1.96. The van der Waals surface area contributed by atoms with Gasteiger partial charge in [-0.1, -0.05) is 30.3 Å². The fraction of sp³-hybridized carbons (Fsp3) is 0.133. The molecule has 17 heavy (non-hydrogen) atoms. The smallest absolute Gasteiger partial charge is 0.122 e. The highest BCUT2D eigenvalue weighted by Gasteiger charge is 2.03. The third kappa shape index (κ3) is 2.78. The summed E-state index contributed by atoms with van der Waals surface area (Å²) in [6, 6.07) is 15.9. The molecule has 0 saturated carbocycles. The van der Waals surface area contributed by atoms with Gasteiger partial charge in [-0.15, -0.1) is 0 Å². The first-order valence-electron chi connectivity index (χ1n) is 5.45. The number of ether oxygens (including phenoxy) is 2. The van der Waals surface area contributed by atoms with Gasteiger partial charge in [0, 0.05) is 12.0 Å². The monoisotopic (exact) mass is 227 g/mol. The van der Waals surface area contributed by atoms with Crippen molar-refractivity contribution in [3.8, 4) is 11.5 Å². The lowest BCUT2D eigenvalue weighted by Crippen LogP contribution is -1.91. The van der Waals surface area contributed by atoms with Gasteiger partial charge in [-0.2, -0.15) is 0 Å². The van der Waals surface area contributed by atoms with Gasteiger partial charge in [0.1, 0.15) is 11.5 Å². The quantitative estimate of drug-likeness (QED) is 0.797. The third-order valence-corrected chi connectivity index (χ3v) is 2.58. The SMILES string of the molecule is COc1ccc([CH]c2ccccc2OC)cc1. The molecule has 0 aromatic heterocycles. The largest absolute Gasteiger partial charge is 0.497 e. The molecule has 0 fully saturated rings. The highest BCUT2D eigenvalue weighted by atomic mass is 16.5. The predicted molar refractivity (Wildman–Crippen MR) is 68.5 cm³/mol. The van der Waals surface area contributed by atoms with E-state index in [1.165, 1.54) is 0 Å². The Morgan fingerprint density at radius 3 is 2.18 bits per heavy atom. The van der Waals surface area contributed by atoms with E-state index >= 15 is 0 Å². The minimum absolute atomic E-state index is 0.863. The van der Waals surface area contributed by atoms with E-state index in [1.54, 1.807) is 14.2 Å². The van der Waals surface area contributed by atoms with Crippen LogP contribution in [0.3, 0.4) is 0 Å². The zero-order valence-corrected chi connectivity index (χ0v) is 10.0. The molecule has 0 spiro atoms. The van der Waals surface area contributed by atoms with Crippen molar-refractivity contribution in [2.75, 3.05) is 14.2 Å². The number of rotatable bonds is 4. The summed E-state index contributed by atoms with van der Waals surface area (Å²) in [5.74, 6) is 1.74. The first-order chi connectivity index (χ1) is 8.33. The zero-order chi connectivity index (χ0) is 12.1. The Morgan fingerprint density at radius 1 is 0.824 bits per heavy atom. The van der Waals surface area contributed by atoms with Crippen LogP contribution < -0.4 is 9.47 Å². The van der Waals surface area contributed by atoms with Gasteiger partial charge in [-0.25, -0.2) is 0 Å². The highest BCUT2D eigenvalue weighted by molar-refractivity contribution is 5.46. The molecule has 0 amide bonds. The molecule has 87 valence electrons. The van der Waals surface area contributed by atoms with Crippen LogP contribution in [0.5, 0.6) is 11.5 Å². The summed E-state index contributed by atoms with van der Waals surface area (Å²) < 4.78 is 10.4. The van der Waals surface area contributed by atoms with Crippen LogP contribution in [0.25, 0.3) is 0 Å². The summed E-state index contributed by atoms with van der Waals surface area (Å²) in [5.41, 5.74) is 2.19. The van der Waals surface area contributed by atoms with Crippen molar-refractivity contribution in [2.24, 2.45) is 0 Å². The van der Waals surface area contributed by atoms with Crippen molar-refractivity contribution in [1.82, 2.24) is 0 Å². The van der Waals surface area contributed by atoms with E-state index in [2.05, 4.69) is 6.42 Å². The van der Waals surface area contributed by atoms with Gasteiger partial charge in [-0.05, 0) is 23.8 Å². The Morgan fingerprint density at radius 2 is 1.53 bits per heavy atom. The van der Waals surface area contributed by atoms with Crippen molar-refractivity contribution >= 4 is 0 Å². The van der Waals surface area contributed by atoms with Crippen LogP contribution in [0.4, 0.5) is 0 Å². The van der Waals surface area contributed by atoms with Crippen molar-refractivity contribution in [1.29, 1.82) is 0 Å². The van der Waals surface area contributed by atoms with Crippen LogP contribution in [0.15, 0.2) is 48.5 Å². The number of hydrogen-bond acceptors (Lipinski definition) is 2. The van der Waals surface area contributed by atoms with Gasteiger partial charge < -0.3 is 9.47 Å². The molecule has 2 nitrogen and oxygen atoms in total. The van der Waals surface area contributed by atoms with Crippen LogP contribution in [-0.2, 0) is 0 Å². The molecule has 0 N–H and O–H groups in total. The lowest BCUT2D eigenvalue weighted by molar-refractivity contribution is 0.412. The van der Waals surface area contributed by atoms with E-state index in [0.717, 1.165) is 22.6 Å². The van der Waals surface area contributed by atoms with E-state index in [0.29, 0.717) is 0 Å². The molecule has 0 atom stereocenters. The van der Waals surface area contributed by atoms with Crippen LogP contribution >= 0.6 is 0 Å². The molecule has 0 bridgehead atoms. The van der Waals surface area contributed by atoms with E-state index in [4.69, 9.17) is 9.47 Å². The summed E-state index contributed by atoms with van der Waals surface area (Å²) in [6.07, 6.45) is 2.08. The third-order valence-electron chi connectivity index (χ3n) is 2.58. The molecule has 0 heterocycles. The molecule has 2 heteroatoms. The van der Waals surface area contributed by atoms with E-state index in [-0.39, 0.29) is 0 Å². The number of benzene rings is 2. The van der Waals surface area contributed by atoms with Crippen molar-refractivity contribution in [3.63, 3.8) is 0 Å². The topological polar surface area (TPSA) is 18.5 Å². The lowest BCUT2D eigenvalue weighted by atomic mass is 10.0. The predicted octanol–water partition coefficient (Wildman–Crippen LogP) is 3.30. The molecule has 0 aliphatic rings. The van der Waals surface area contributed by atoms with Gasteiger partial charge in [0.2, 0.25) is 0 Å². The first-order valence-corrected chi connectivity index (χ1v) is 5.45. The number of hydrogen-bond donors (Lipinski definition) is 0. The molecule has 2 aromatic rings. The fourth-order valence-corrected chi connectivity index (χ4v) is 1.67. The average Bonchev–Trinajstić information content (AvgIpc) is 2.40. The normalized spacial score (nSPS) is 10.0. The molecule has 1 radical (unpaired) electrons. The summed E-state index contributed by atoms with van der Waals surface area (Å²) in [7, 11) is 3.35.